The minimum Gasteiger partial charge on any atom is -0.388 e. The summed E-state index contributed by atoms with van der Waals surface area (Å²) in [6.45, 7) is 8.67. The molecule has 2 unspecified atom stereocenters. The second kappa shape index (κ2) is 6.22. The highest BCUT2D eigenvalue weighted by atomic mass is 19.1. The van der Waals surface area contributed by atoms with Crippen molar-refractivity contribution in [1.29, 1.82) is 0 Å². The fraction of sp³-hybridized carbons (Fsp3) is 0.417. The third-order valence-corrected chi connectivity index (χ3v) is 7.93. The number of hydrogen-bond acceptors (Lipinski definition) is 6. The minimum absolute atomic E-state index is 0.0573. The van der Waals surface area contributed by atoms with E-state index in [4.69, 9.17) is 19.3 Å². The molecular formula is C24H25BFN5O2. The first-order chi connectivity index (χ1) is 15.7. The molecule has 168 valence electrons. The Morgan fingerprint density at radius 2 is 1.79 bits per heavy atom. The number of rotatable bonds is 1. The van der Waals surface area contributed by atoms with E-state index >= 15 is 0 Å². The normalized spacial score (nSPS) is 26.9. The summed E-state index contributed by atoms with van der Waals surface area (Å²) in [4.78, 5) is 11.9. The zero-order chi connectivity index (χ0) is 22.7. The highest BCUT2D eigenvalue weighted by Crippen LogP contribution is 2.50. The molecule has 1 fully saturated rings. The van der Waals surface area contributed by atoms with Gasteiger partial charge in [-0.25, -0.2) is 9.37 Å². The van der Waals surface area contributed by atoms with Crippen LogP contribution >= 0.6 is 0 Å². The number of aromatic nitrogens is 2. The molecule has 0 aliphatic carbocycles. The van der Waals surface area contributed by atoms with Crippen LogP contribution in [0.15, 0.2) is 47.5 Å². The van der Waals surface area contributed by atoms with Gasteiger partial charge in [0, 0.05) is 18.1 Å². The Morgan fingerprint density at radius 1 is 1.03 bits per heavy atom. The Hall–Kier alpha value is -2.75. The van der Waals surface area contributed by atoms with Crippen LogP contribution in [0.5, 0.6) is 0 Å². The van der Waals surface area contributed by atoms with Crippen molar-refractivity contribution < 1.29 is 13.7 Å². The van der Waals surface area contributed by atoms with Crippen LogP contribution in [0.3, 0.4) is 0 Å². The topological polar surface area (TPSA) is 55.1 Å². The van der Waals surface area contributed by atoms with Gasteiger partial charge >= 0.3 is 7.25 Å². The molecule has 2 bridgehead atoms. The number of amidine groups is 1. The van der Waals surface area contributed by atoms with Gasteiger partial charge in [0.1, 0.15) is 30.2 Å². The third kappa shape index (κ3) is 2.50. The fourth-order valence-corrected chi connectivity index (χ4v) is 5.58. The van der Waals surface area contributed by atoms with E-state index in [1.165, 1.54) is 17.7 Å². The molecule has 3 aromatic rings. The van der Waals surface area contributed by atoms with Crippen LogP contribution in [0, 0.1) is 5.82 Å². The number of hydrazine groups is 1. The summed E-state index contributed by atoms with van der Waals surface area (Å²) < 4.78 is 29.1. The minimum atomic E-state index is -0.559. The van der Waals surface area contributed by atoms with E-state index in [9.17, 15) is 4.39 Å². The van der Waals surface area contributed by atoms with Crippen molar-refractivity contribution in [3.05, 3.63) is 65.2 Å². The van der Waals surface area contributed by atoms with Gasteiger partial charge in [-0.05, 0) is 45.4 Å². The molecule has 0 spiro atoms. The highest BCUT2D eigenvalue weighted by Gasteiger charge is 2.58. The maximum absolute atomic E-state index is 14.0. The van der Waals surface area contributed by atoms with E-state index in [2.05, 4.69) is 66.5 Å². The lowest BCUT2D eigenvalue weighted by atomic mass is 9.90. The second-order valence-electron chi connectivity index (χ2n) is 10.3. The lowest BCUT2D eigenvalue weighted by Crippen LogP contribution is -2.53. The van der Waals surface area contributed by atoms with Gasteiger partial charge in [0.15, 0.2) is 0 Å². The number of imidazole rings is 1. The van der Waals surface area contributed by atoms with Crippen molar-refractivity contribution >= 4 is 24.1 Å². The number of benzene rings is 2. The second-order valence-corrected chi connectivity index (χ2v) is 10.3. The van der Waals surface area contributed by atoms with Crippen molar-refractivity contribution in [2.45, 2.75) is 57.4 Å². The largest absolute Gasteiger partial charge is 0.579 e. The Bertz CT molecular complexity index is 1340. The van der Waals surface area contributed by atoms with Gasteiger partial charge in [-0.3, -0.25) is 10.0 Å². The predicted octanol–water partition coefficient (Wildman–Crippen LogP) is 4.05. The van der Waals surface area contributed by atoms with Crippen molar-refractivity contribution in [3.63, 3.8) is 0 Å². The van der Waals surface area contributed by atoms with E-state index in [0.717, 1.165) is 29.2 Å². The summed E-state index contributed by atoms with van der Waals surface area (Å²) in [5, 5.41) is 2.21. The van der Waals surface area contributed by atoms with Crippen molar-refractivity contribution in [2.75, 3.05) is 6.67 Å². The van der Waals surface area contributed by atoms with Gasteiger partial charge in [0.2, 0.25) is 0 Å². The van der Waals surface area contributed by atoms with E-state index in [1.54, 1.807) is 0 Å². The smallest absolute Gasteiger partial charge is 0.388 e. The molecule has 0 radical (unpaired) electrons. The van der Waals surface area contributed by atoms with Gasteiger partial charge in [-0.15, -0.1) is 0 Å². The molecule has 0 amide bonds. The van der Waals surface area contributed by atoms with Crippen LogP contribution in [0.4, 0.5) is 4.39 Å². The molecule has 4 aliphatic heterocycles. The van der Waals surface area contributed by atoms with Gasteiger partial charge in [-0.2, -0.15) is 4.92 Å². The monoisotopic (exact) mass is 445 g/mol. The van der Waals surface area contributed by atoms with E-state index < -0.39 is 18.5 Å². The van der Waals surface area contributed by atoms with E-state index in [-0.39, 0.29) is 17.9 Å². The summed E-state index contributed by atoms with van der Waals surface area (Å²) in [7, 11) is -0.559. The summed E-state index contributed by atoms with van der Waals surface area (Å²) in [5.41, 5.74) is 3.05. The first-order valence-electron chi connectivity index (χ1n) is 11.5. The molecule has 0 N–H and O–H groups in total. The molecule has 1 aromatic heterocycles. The molecule has 4 aliphatic rings. The number of nitrogens with zero attached hydrogens (tertiary/aromatic N) is 5. The van der Waals surface area contributed by atoms with Crippen molar-refractivity contribution in [1.82, 2.24) is 19.5 Å². The predicted molar refractivity (Wildman–Crippen MR) is 123 cm³/mol. The van der Waals surface area contributed by atoms with Gasteiger partial charge in [0.25, 0.3) is 0 Å². The molecule has 0 saturated carbocycles. The quantitative estimate of drug-likeness (QED) is 0.529. The average molecular weight is 445 g/mol. The molecule has 7 nitrogen and oxygen atoms in total. The van der Waals surface area contributed by atoms with Crippen molar-refractivity contribution in [2.24, 2.45) is 4.99 Å². The Morgan fingerprint density at radius 3 is 2.58 bits per heavy atom. The maximum Gasteiger partial charge on any atom is 0.579 e. The highest BCUT2D eigenvalue weighted by molar-refractivity contribution is 6.42. The van der Waals surface area contributed by atoms with Crippen molar-refractivity contribution in [3.8, 4) is 0 Å². The molecule has 5 heterocycles. The summed E-state index contributed by atoms with van der Waals surface area (Å²) in [5.74, 6) is 1.56. The Labute approximate surface area is 191 Å². The van der Waals surface area contributed by atoms with Crippen LogP contribution in [0.1, 0.15) is 63.2 Å². The summed E-state index contributed by atoms with van der Waals surface area (Å²) in [6, 6.07) is 13.3. The molecule has 7 rings (SSSR count). The van der Waals surface area contributed by atoms with Gasteiger partial charge in [0.05, 0.1) is 28.3 Å². The third-order valence-electron chi connectivity index (χ3n) is 7.93. The van der Waals surface area contributed by atoms with Crippen LogP contribution in [-0.2, 0) is 9.31 Å². The summed E-state index contributed by atoms with van der Waals surface area (Å²) >= 11 is 0. The van der Waals surface area contributed by atoms with E-state index in [1.807, 2.05) is 6.07 Å². The molecular weight excluding hydrogens is 420 g/mol. The molecule has 1 saturated heterocycles. The van der Waals surface area contributed by atoms with Crippen LogP contribution in [0.2, 0.25) is 0 Å². The summed E-state index contributed by atoms with van der Waals surface area (Å²) in [6.07, 6.45) is 0.849. The van der Waals surface area contributed by atoms with Crippen LogP contribution in [0.25, 0.3) is 11.0 Å². The lowest BCUT2D eigenvalue weighted by Gasteiger charge is -2.35. The standard InChI is InChI=1S/C24H25BFN5O2/c1-23(2)24(3,4)33-25(32-23)29-13-27-21-16-8-6-5-7-15(16)19-12-20(31(21)29)22-28-17-11-14(26)9-10-18(17)30(19)22/h5-11,19-20H,12-13H2,1-4H3. The Kier molecular flexibility index (Phi) is 3.72. The molecule has 2 atom stereocenters. The number of hydrogen-bond donors (Lipinski definition) is 0. The number of fused-ring (bicyclic) bond motifs is 6. The van der Waals surface area contributed by atoms with Gasteiger partial charge < -0.3 is 13.9 Å². The average Bonchev–Trinajstić information content (AvgIpc) is 3.46. The molecule has 2 aromatic carbocycles. The van der Waals surface area contributed by atoms with E-state index in [0.29, 0.717) is 12.2 Å². The zero-order valence-corrected chi connectivity index (χ0v) is 19.1. The van der Waals surface area contributed by atoms with Crippen LogP contribution in [-0.4, -0.2) is 50.4 Å². The SMILES string of the molecule is CC1(C)OB(N2CN=C3c4ccccc4C4CC(c5nc6cc(F)ccc6n54)N32)OC1(C)C. The molecule has 9 heteroatoms. The fourth-order valence-electron chi connectivity index (χ4n) is 5.58. The molecule has 33 heavy (non-hydrogen) atoms. The maximum atomic E-state index is 14.0. The van der Waals surface area contributed by atoms with Gasteiger partial charge in [-0.1, -0.05) is 24.3 Å². The number of aliphatic imine (C=N–C) groups is 1. The first-order valence-corrected chi connectivity index (χ1v) is 11.5. The Balaban J connectivity index is 1.41. The van der Waals surface area contributed by atoms with Crippen LogP contribution < -0.4 is 0 Å². The first kappa shape index (κ1) is 19.7. The zero-order valence-electron chi connectivity index (χ0n) is 19.1. The lowest BCUT2D eigenvalue weighted by molar-refractivity contribution is 0.00578. The number of halogens is 1.